The molecule has 14 heavy (non-hydrogen) atoms. The molecule has 1 rings (SSSR count). The quantitative estimate of drug-likeness (QED) is 0.493. The lowest BCUT2D eigenvalue weighted by Gasteiger charge is -2.01. The Morgan fingerprint density at radius 3 is 2.57 bits per heavy atom. The Morgan fingerprint density at radius 2 is 1.86 bits per heavy atom. The summed E-state index contributed by atoms with van der Waals surface area (Å²) in [5.41, 5.74) is 1.45. The molecule has 0 aromatic heterocycles. The van der Waals surface area contributed by atoms with Gasteiger partial charge in [0.15, 0.2) is 0 Å². The lowest BCUT2D eigenvalue weighted by atomic mass is 10.1. The number of benzene rings is 1. The summed E-state index contributed by atoms with van der Waals surface area (Å²) >= 11 is 0. The van der Waals surface area contributed by atoms with Crippen molar-refractivity contribution in [3.05, 3.63) is 35.9 Å². The maximum absolute atomic E-state index is 5.31. The van der Waals surface area contributed by atoms with E-state index >= 15 is 0 Å². The Hall–Kier alpha value is -0.390. The van der Waals surface area contributed by atoms with Gasteiger partial charge >= 0.3 is 0 Å². The number of aryl methyl sites for hydroxylation is 1. The third-order valence-corrected chi connectivity index (χ3v) is 2.69. The van der Waals surface area contributed by atoms with Crippen LogP contribution in [0.3, 0.4) is 0 Å². The van der Waals surface area contributed by atoms with Gasteiger partial charge < -0.3 is 4.52 Å². The van der Waals surface area contributed by atoms with E-state index in [2.05, 4.69) is 37.0 Å². The molecule has 2 heteroatoms. The molecule has 1 nitrogen and oxygen atoms in total. The highest BCUT2D eigenvalue weighted by molar-refractivity contribution is 7.31. The molecule has 0 aliphatic rings. The Morgan fingerprint density at radius 1 is 1.07 bits per heavy atom. The van der Waals surface area contributed by atoms with Crippen molar-refractivity contribution in [2.24, 2.45) is 0 Å². The molecule has 0 spiro atoms. The molecule has 0 bridgehead atoms. The summed E-state index contributed by atoms with van der Waals surface area (Å²) in [6.45, 7) is 3.01. The maximum Gasteiger partial charge on any atom is 0.0505 e. The Balaban J connectivity index is 1.99. The van der Waals surface area contributed by atoms with Crippen LogP contribution in [0.15, 0.2) is 30.3 Å². The second-order valence-electron chi connectivity index (χ2n) is 3.35. The minimum absolute atomic E-state index is 0.643. The average molecular weight is 210 g/mol. The predicted molar refractivity (Wildman–Crippen MR) is 64.2 cm³/mol. The molecule has 0 aliphatic carbocycles. The van der Waals surface area contributed by atoms with Crippen LogP contribution in [0.25, 0.3) is 0 Å². The van der Waals surface area contributed by atoms with Gasteiger partial charge in [0.25, 0.3) is 0 Å². The molecule has 1 atom stereocenters. The third kappa shape index (κ3) is 5.36. The van der Waals surface area contributed by atoms with Gasteiger partial charge in [-0.25, -0.2) is 0 Å². The topological polar surface area (TPSA) is 9.23 Å². The van der Waals surface area contributed by atoms with Crippen LogP contribution < -0.4 is 0 Å². The van der Waals surface area contributed by atoms with Crippen LogP contribution in [0.2, 0.25) is 0 Å². The van der Waals surface area contributed by atoms with Gasteiger partial charge in [0.1, 0.15) is 0 Å². The van der Waals surface area contributed by atoms with Crippen molar-refractivity contribution in [3.63, 3.8) is 0 Å². The Kier molecular flexibility index (Phi) is 6.65. The summed E-state index contributed by atoms with van der Waals surface area (Å²) in [5, 5.41) is 0. The molecule has 1 aromatic rings. The highest BCUT2D eigenvalue weighted by Gasteiger charge is 1.92. The number of hydrogen-bond donors (Lipinski definition) is 0. The van der Waals surface area contributed by atoms with Crippen molar-refractivity contribution in [3.8, 4) is 0 Å². The van der Waals surface area contributed by atoms with Crippen LogP contribution in [-0.2, 0) is 10.9 Å². The summed E-state index contributed by atoms with van der Waals surface area (Å²) in [5.74, 6) is 0. The van der Waals surface area contributed by atoms with Crippen LogP contribution in [0, 0.1) is 0 Å². The summed E-state index contributed by atoms with van der Waals surface area (Å²) in [6.07, 6.45) is 4.96. The summed E-state index contributed by atoms with van der Waals surface area (Å²) in [6, 6.07) is 10.7. The van der Waals surface area contributed by atoms with E-state index in [0.29, 0.717) is 8.81 Å². The zero-order chi connectivity index (χ0) is 10.1. The largest absolute Gasteiger partial charge is 0.363 e. The lowest BCUT2D eigenvalue weighted by Crippen LogP contribution is -1.88. The van der Waals surface area contributed by atoms with E-state index in [1.807, 2.05) is 0 Å². The minimum Gasteiger partial charge on any atom is -0.363 e. The van der Waals surface area contributed by atoms with E-state index < -0.39 is 0 Å². The number of unbranched alkanes of at least 4 members (excludes halogenated alkanes) is 2. The van der Waals surface area contributed by atoms with Gasteiger partial charge in [0.05, 0.1) is 6.61 Å². The van der Waals surface area contributed by atoms with Gasteiger partial charge in [-0.2, -0.15) is 0 Å². The van der Waals surface area contributed by atoms with E-state index in [1.54, 1.807) is 0 Å². The lowest BCUT2D eigenvalue weighted by molar-refractivity contribution is 0.348. The van der Waals surface area contributed by atoms with E-state index in [1.165, 1.54) is 31.2 Å². The van der Waals surface area contributed by atoms with Crippen molar-refractivity contribution in [2.45, 2.75) is 25.7 Å². The van der Waals surface area contributed by atoms with E-state index in [0.717, 1.165) is 6.61 Å². The van der Waals surface area contributed by atoms with Crippen LogP contribution in [-0.4, -0.2) is 13.3 Å². The fourth-order valence-electron chi connectivity index (χ4n) is 1.43. The minimum atomic E-state index is 0.643. The van der Waals surface area contributed by atoms with Gasteiger partial charge in [0.2, 0.25) is 0 Å². The van der Waals surface area contributed by atoms with Crippen LogP contribution in [0.4, 0.5) is 0 Å². The first-order valence-electron chi connectivity index (χ1n) is 5.26. The van der Waals surface area contributed by atoms with E-state index in [9.17, 15) is 0 Å². The second kappa shape index (κ2) is 7.96. The SMILES string of the molecule is CPOCCCCCc1ccccc1. The van der Waals surface area contributed by atoms with E-state index in [4.69, 9.17) is 4.52 Å². The molecule has 0 amide bonds. The molecule has 1 unspecified atom stereocenters. The predicted octanol–water partition coefficient (Wildman–Crippen LogP) is 3.64. The zero-order valence-corrected chi connectivity index (χ0v) is 9.83. The normalized spacial score (nSPS) is 11.2. The summed E-state index contributed by atoms with van der Waals surface area (Å²) in [4.78, 5) is 0. The maximum atomic E-state index is 5.31. The van der Waals surface area contributed by atoms with Crippen LogP contribution in [0.1, 0.15) is 24.8 Å². The van der Waals surface area contributed by atoms with Crippen molar-refractivity contribution < 1.29 is 4.52 Å². The van der Waals surface area contributed by atoms with Crippen molar-refractivity contribution in [2.75, 3.05) is 13.3 Å². The summed E-state index contributed by atoms with van der Waals surface area (Å²) in [7, 11) is 0.643. The van der Waals surface area contributed by atoms with Crippen LogP contribution >= 0.6 is 8.81 Å². The molecule has 1 aromatic carbocycles. The highest BCUT2D eigenvalue weighted by atomic mass is 31.1. The first kappa shape index (κ1) is 11.7. The first-order chi connectivity index (χ1) is 6.93. The number of hydrogen-bond acceptors (Lipinski definition) is 1. The zero-order valence-electron chi connectivity index (χ0n) is 8.83. The second-order valence-corrected chi connectivity index (χ2v) is 4.05. The standard InChI is InChI=1S/C12H19OP/c1-14-13-11-7-3-6-10-12-8-4-2-5-9-12/h2,4-5,8-9,14H,3,6-7,10-11H2,1H3. The molecule has 78 valence electrons. The van der Waals surface area contributed by atoms with Gasteiger partial charge in [-0.15, -0.1) is 0 Å². The van der Waals surface area contributed by atoms with Gasteiger partial charge in [-0.1, -0.05) is 36.8 Å². The Bertz CT molecular complexity index is 223. The van der Waals surface area contributed by atoms with Crippen molar-refractivity contribution in [1.29, 1.82) is 0 Å². The molecule has 0 N–H and O–H groups in total. The fourth-order valence-corrected chi connectivity index (χ4v) is 1.78. The molecule has 0 aliphatic heterocycles. The smallest absolute Gasteiger partial charge is 0.0505 e. The molecule has 0 heterocycles. The molecule has 0 radical (unpaired) electrons. The van der Waals surface area contributed by atoms with E-state index in [-0.39, 0.29) is 0 Å². The first-order valence-corrected chi connectivity index (χ1v) is 6.67. The molecule has 0 fully saturated rings. The molecule has 0 saturated heterocycles. The Labute approximate surface area is 88.7 Å². The average Bonchev–Trinajstić information content (AvgIpc) is 2.25. The highest BCUT2D eigenvalue weighted by Crippen LogP contribution is 2.09. The monoisotopic (exact) mass is 210 g/mol. The fraction of sp³-hybridized carbons (Fsp3) is 0.500. The van der Waals surface area contributed by atoms with Crippen LogP contribution in [0.5, 0.6) is 0 Å². The summed E-state index contributed by atoms with van der Waals surface area (Å²) < 4.78 is 5.31. The number of rotatable bonds is 7. The van der Waals surface area contributed by atoms with Gasteiger partial charge in [-0.3, -0.25) is 0 Å². The molecular weight excluding hydrogens is 191 g/mol. The van der Waals surface area contributed by atoms with Gasteiger partial charge in [0, 0.05) is 8.81 Å². The molecule has 0 saturated carbocycles. The molecular formula is C12H19OP. The van der Waals surface area contributed by atoms with Gasteiger partial charge in [-0.05, 0) is 31.5 Å². The van der Waals surface area contributed by atoms with Crippen molar-refractivity contribution >= 4 is 8.81 Å². The van der Waals surface area contributed by atoms with Crippen molar-refractivity contribution in [1.82, 2.24) is 0 Å². The third-order valence-electron chi connectivity index (χ3n) is 2.20.